The number of hydrogen-bond acceptors (Lipinski definition) is 7. The molecule has 0 bridgehead atoms. The van der Waals surface area contributed by atoms with Crippen molar-refractivity contribution in [2.24, 2.45) is 0 Å². The lowest BCUT2D eigenvalue weighted by molar-refractivity contribution is -0.129. The van der Waals surface area contributed by atoms with Crippen LogP contribution in [0.25, 0.3) is 0 Å². The summed E-state index contributed by atoms with van der Waals surface area (Å²) in [5.74, 6) is -2.01. The fraction of sp³-hybridized carbons (Fsp3) is 0.500. The molecule has 0 aliphatic carbocycles. The largest absolute Gasteiger partial charge is 0.493 e. The molecule has 1 amide bonds. The van der Waals surface area contributed by atoms with Crippen LogP contribution < -0.4 is 14.8 Å². The van der Waals surface area contributed by atoms with Gasteiger partial charge in [0, 0.05) is 6.04 Å². The average molecular weight is 407 g/mol. The molecule has 0 saturated carbocycles. The van der Waals surface area contributed by atoms with Gasteiger partial charge in [0.15, 0.2) is 27.4 Å². The first-order valence-corrected chi connectivity index (χ1v) is 9.78. The quantitative estimate of drug-likeness (QED) is 0.676. The fourth-order valence-electron chi connectivity index (χ4n) is 2.50. The molecule has 0 spiro atoms. The Morgan fingerprint density at radius 1 is 1.26 bits per heavy atom. The maximum Gasteiger partial charge on any atom is 0.387 e. The Labute approximate surface area is 154 Å². The molecule has 150 valence electrons. The van der Waals surface area contributed by atoms with E-state index in [1.54, 1.807) is 0 Å². The molecule has 1 aromatic carbocycles. The molecule has 27 heavy (non-hydrogen) atoms. The van der Waals surface area contributed by atoms with Crippen molar-refractivity contribution >= 4 is 21.7 Å². The predicted octanol–water partition coefficient (Wildman–Crippen LogP) is 1.15. The lowest BCUT2D eigenvalue weighted by Gasteiger charge is -2.17. The average Bonchev–Trinajstić information content (AvgIpc) is 2.92. The monoisotopic (exact) mass is 407 g/mol. The zero-order valence-corrected chi connectivity index (χ0v) is 15.4. The van der Waals surface area contributed by atoms with Gasteiger partial charge in [0.25, 0.3) is 5.91 Å². The number of benzene rings is 1. The molecule has 1 fully saturated rings. The minimum Gasteiger partial charge on any atom is -0.493 e. The Morgan fingerprint density at radius 2 is 1.96 bits per heavy atom. The third-order valence-electron chi connectivity index (χ3n) is 3.85. The van der Waals surface area contributed by atoms with Crippen LogP contribution in [-0.2, 0) is 19.4 Å². The topological polar surface area (TPSA) is 108 Å². The lowest BCUT2D eigenvalue weighted by atomic mass is 10.2. The summed E-state index contributed by atoms with van der Waals surface area (Å²) in [6, 6.07) is 2.94. The van der Waals surface area contributed by atoms with Gasteiger partial charge in [-0.2, -0.15) is 8.78 Å². The number of hydrogen-bond donors (Lipinski definition) is 1. The summed E-state index contributed by atoms with van der Waals surface area (Å²) < 4.78 is 61.6. The number of esters is 1. The van der Waals surface area contributed by atoms with E-state index < -0.39 is 40.5 Å². The van der Waals surface area contributed by atoms with Crippen molar-refractivity contribution in [2.75, 3.05) is 18.6 Å². The first-order valence-electron chi connectivity index (χ1n) is 7.96. The van der Waals surface area contributed by atoms with Crippen LogP contribution in [-0.4, -0.2) is 57.7 Å². The number of halogens is 2. The van der Waals surface area contributed by atoms with E-state index in [0.717, 1.165) is 12.1 Å². The smallest absolute Gasteiger partial charge is 0.387 e. The van der Waals surface area contributed by atoms with Crippen molar-refractivity contribution in [3.8, 4) is 11.5 Å². The molecule has 0 radical (unpaired) electrons. The molecule has 0 unspecified atom stereocenters. The molecule has 1 aliphatic rings. The Kier molecular flexibility index (Phi) is 6.58. The van der Waals surface area contributed by atoms with Crippen LogP contribution in [0.4, 0.5) is 8.78 Å². The summed E-state index contributed by atoms with van der Waals surface area (Å²) in [4.78, 5) is 24.2. The number of nitrogens with one attached hydrogen (secondary N) is 1. The summed E-state index contributed by atoms with van der Waals surface area (Å²) in [7, 11) is -1.94. The van der Waals surface area contributed by atoms with E-state index in [4.69, 9.17) is 9.47 Å². The van der Waals surface area contributed by atoms with Crippen molar-refractivity contribution in [1.29, 1.82) is 0 Å². The molecule has 1 aliphatic heterocycles. The van der Waals surface area contributed by atoms with E-state index in [0.29, 0.717) is 6.42 Å². The lowest BCUT2D eigenvalue weighted by Crippen LogP contribution is -2.42. The van der Waals surface area contributed by atoms with E-state index in [2.05, 4.69) is 10.1 Å². The fourth-order valence-corrected chi connectivity index (χ4v) is 4.17. The van der Waals surface area contributed by atoms with Gasteiger partial charge in [-0.1, -0.05) is 0 Å². The van der Waals surface area contributed by atoms with Gasteiger partial charge in [0.05, 0.1) is 24.2 Å². The Balaban J connectivity index is 1.98. The van der Waals surface area contributed by atoms with Gasteiger partial charge in [-0.3, -0.25) is 4.79 Å². The first kappa shape index (κ1) is 20.9. The molecule has 11 heteroatoms. The normalized spacial score (nSPS) is 19.4. The Hall–Kier alpha value is -2.43. The van der Waals surface area contributed by atoms with Crippen molar-refractivity contribution in [3.63, 3.8) is 0 Å². The molecule has 1 saturated heterocycles. The summed E-state index contributed by atoms with van der Waals surface area (Å²) >= 11 is 0. The number of rotatable bonds is 7. The van der Waals surface area contributed by atoms with Crippen LogP contribution >= 0.6 is 0 Å². The SMILES string of the molecule is COc1cc(C(=O)O[C@@H](C)C(=O)N[C@H]2CCS(=O)(=O)C2)ccc1OC(F)F. The van der Waals surface area contributed by atoms with Crippen LogP contribution in [0.5, 0.6) is 11.5 Å². The van der Waals surface area contributed by atoms with E-state index in [-0.39, 0.29) is 28.6 Å². The van der Waals surface area contributed by atoms with Gasteiger partial charge in [-0.15, -0.1) is 0 Å². The zero-order chi connectivity index (χ0) is 20.2. The molecule has 1 aromatic rings. The van der Waals surface area contributed by atoms with E-state index in [9.17, 15) is 26.8 Å². The summed E-state index contributed by atoms with van der Waals surface area (Å²) in [5, 5.41) is 2.52. The van der Waals surface area contributed by atoms with Crippen molar-refractivity contribution in [3.05, 3.63) is 23.8 Å². The number of carbonyl (C=O) groups excluding carboxylic acids is 2. The van der Waals surface area contributed by atoms with Crippen LogP contribution in [0.3, 0.4) is 0 Å². The van der Waals surface area contributed by atoms with E-state index >= 15 is 0 Å². The second-order valence-electron chi connectivity index (χ2n) is 5.90. The third-order valence-corrected chi connectivity index (χ3v) is 5.62. The third kappa shape index (κ3) is 5.78. The number of amides is 1. The van der Waals surface area contributed by atoms with E-state index in [1.165, 1.54) is 20.1 Å². The number of sulfone groups is 1. The van der Waals surface area contributed by atoms with Gasteiger partial charge in [-0.25, -0.2) is 13.2 Å². The van der Waals surface area contributed by atoms with Gasteiger partial charge in [0.2, 0.25) is 0 Å². The molecule has 1 N–H and O–H groups in total. The molecular weight excluding hydrogens is 388 g/mol. The van der Waals surface area contributed by atoms with E-state index in [1.807, 2.05) is 0 Å². The minimum absolute atomic E-state index is 0.00104. The summed E-state index contributed by atoms with van der Waals surface area (Å²) in [6.07, 6.45) is -0.874. The highest BCUT2D eigenvalue weighted by molar-refractivity contribution is 7.91. The molecular formula is C16H19F2NO7S. The summed E-state index contributed by atoms with van der Waals surface area (Å²) in [6.45, 7) is -1.72. The number of alkyl halides is 2. The highest BCUT2D eigenvalue weighted by Gasteiger charge is 2.31. The van der Waals surface area contributed by atoms with Gasteiger partial charge in [-0.05, 0) is 31.5 Å². The second-order valence-corrected chi connectivity index (χ2v) is 8.13. The highest BCUT2D eigenvalue weighted by Crippen LogP contribution is 2.29. The van der Waals surface area contributed by atoms with Crippen LogP contribution in [0.1, 0.15) is 23.7 Å². The number of carbonyl (C=O) groups is 2. The maximum absolute atomic E-state index is 12.3. The first-order chi connectivity index (χ1) is 12.6. The van der Waals surface area contributed by atoms with Crippen molar-refractivity contribution in [2.45, 2.75) is 32.1 Å². The summed E-state index contributed by atoms with van der Waals surface area (Å²) in [5.41, 5.74) is -0.0310. The second kappa shape index (κ2) is 8.51. The Bertz CT molecular complexity index is 813. The maximum atomic E-state index is 12.3. The molecule has 2 rings (SSSR count). The number of methoxy groups -OCH3 is 1. The van der Waals surface area contributed by atoms with Crippen molar-refractivity contribution < 1.29 is 41.0 Å². The standard InChI is InChI=1S/C16H19F2NO7S/c1-9(14(20)19-11-5-6-27(22,23)8-11)25-15(21)10-3-4-12(26-16(17)18)13(7-10)24-2/h3-4,7,9,11,16H,5-6,8H2,1-2H3,(H,19,20)/t9-,11-/m0/s1. The molecule has 0 aromatic heterocycles. The van der Waals surface area contributed by atoms with Crippen LogP contribution in [0.15, 0.2) is 18.2 Å². The predicted molar refractivity (Wildman–Crippen MR) is 89.7 cm³/mol. The molecule has 2 atom stereocenters. The van der Waals surface area contributed by atoms with Gasteiger partial charge < -0.3 is 19.5 Å². The Morgan fingerprint density at radius 3 is 2.52 bits per heavy atom. The zero-order valence-electron chi connectivity index (χ0n) is 14.6. The number of ether oxygens (including phenoxy) is 3. The van der Waals surface area contributed by atoms with Crippen LogP contribution in [0, 0.1) is 0 Å². The molecule has 1 heterocycles. The van der Waals surface area contributed by atoms with Crippen molar-refractivity contribution in [1.82, 2.24) is 5.32 Å². The van der Waals surface area contributed by atoms with Gasteiger partial charge >= 0.3 is 12.6 Å². The van der Waals surface area contributed by atoms with Crippen LogP contribution in [0.2, 0.25) is 0 Å². The highest BCUT2D eigenvalue weighted by atomic mass is 32.2. The minimum atomic E-state index is -3.15. The molecule has 8 nitrogen and oxygen atoms in total. The van der Waals surface area contributed by atoms with Gasteiger partial charge in [0.1, 0.15) is 0 Å².